The van der Waals surface area contributed by atoms with Gasteiger partial charge in [-0.1, -0.05) is 48.5 Å². The summed E-state index contributed by atoms with van der Waals surface area (Å²) in [5.74, 6) is 1.13. The van der Waals surface area contributed by atoms with Gasteiger partial charge in [-0.15, -0.1) is 0 Å². The Balaban J connectivity index is 1.66. The number of benzene rings is 3. The van der Waals surface area contributed by atoms with Crippen LogP contribution in [-0.4, -0.2) is 36.2 Å². The van der Waals surface area contributed by atoms with Gasteiger partial charge in [0, 0.05) is 31.4 Å². The minimum absolute atomic E-state index is 0.0412. The maximum absolute atomic E-state index is 13.1. The molecular formula is C27H27N3O3. The van der Waals surface area contributed by atoms with Crippen molar-refractivity contribution < 1.29 is 14.3 Å². The third kappa shape index (κ3) is 5.23. The molecule has 1 atom stereocenters. The fraction of sp³-hybridized carbons (Fsp3) is 0.185. The van der Waals surface area contributed by atoms with Crippen molar-refractivity contribution in [2.24, 2.45) is 0 Å². The Kier molecular flexibility index (Phi) is 7.05. The molecule has 0 aliphatic carbocycles. The van der Waals surface area contributed by atoms with E-state index in [1.165, 1.54) is 0 Å². The van der Waals surface area contributed by atoms with Gasteiger partial charge >= 0.3 is 0 Å². The molecule has 0 spiro atoms. The number of nitrogens with zero attached hydrogens (tertiary/aromatic N) is 2. The van der Waals surface area contributed by atoms with Crippen molar-refractivity contribution in [1.29, 1.82) is 0 Å². The number of ether oxygens (including phenoxy) is 2. The average molecular weight is 442 g/mol. The third-order valence-electron chi connectivity index (χ3n) is 5.60. The number of nitrogens with one attached hydrogen (secondary N) is 1. The van der Waals surface area contributed by atoms with E-state index in [1.807, 2.05) is 59.3 Å². The maximum Gasteiger partial charge on any atom is 0.255 e. The monoisotopic (exact) mass is 441 g/mol. The molecule has 0 fully saturated rings. The van der Waals surface area contributed by atoms with E-state index in [9.17, 15) is 4.79 Å². The van der Waals surface area contributed by atoms with Gasteiger partial charge in [0.25, 0.3) is 5.91 Å². The molecule has 1 heterocycles. The number of imidazole rings is 1. The number of hydrogen-bond donors (Lipinski definition) is 1. The zero-order chi connectivity index (χ0) is 23.0. The highest BCUT2D eigenvalue weighted by atomic mass is 16.5. The van der Waals surface area contributed by atoms with E-state index in [-0.39, 0.29) is 11.8 Å². The van der Waals surface area contributed by atoms with Crippen molar-refractivity contribution in [2.75, 3.05) is 20.8 Å². The minimum Gasteiger partial charge on any atom is -0.497 e. The highest BCUT2D eigenvalue weighted by Gasteiger charge is 2.21. The van der Waals surface area contributed by atoms with E-state index >= 15 is 0 Å². The first kappa shape index (κ1) is 22.1. The molecule has 3 aromatic carbocycles. The van der Waals surface area contributed by atoms with Crippen LogP contribution in [0.2, 0.25) is 0 Å². The molecule has 6 nitrogen and oxygen atoms in total. The van der Waals surface area contributed by atoms with Crippen molar-refractivity contribution in [3.63, 3.8) is 0 Å². The van der Waals surface area contributed by atoms with Crippen LogP contribution in [0.3, 0.4) is 0 Å². The number of carbonyl (C=O) groups excluding carboxylic acids is 1. The Labute approximate surface area is 193 Å². The van der Waals surface area contributed by atoms with Gasteiger partial charge in [0.15, 0.2) is 0 Å². The number of methoxy groups -OCH3 is 2. The topological polar surface area (TPSA) is 65.4 Å². The van der Waals surface area contributed by atoms with Crippen LogP contribution in [0.15, 0.2) is 91.5 Å². The van der Waals surface area contributed by atoms with Crippen LogP contribution in [0, 0.1) is 0 Å². The van der Waals surface area contributed by atoms with Gasteiger partial charge < -0.3 is 19.4 Å². The molecule has 0 radical (unpaired) electrons. The van der Waals surface area contributed by atoms with Gasteiger partial charge in [-0.2, -0.15) is 0 Å². The molecule has 0 saturated heterocycles. The Hall–Kier alpha value is -4.06. The summed E-state index contributed by atoms with van der Waals surface area (Å²) in [6.45, 7) is 1.13. The van der Waals surface area contributed by atoms with E-state index in [4.69, 9.17) is 9.47 Å². The Morgan fingerprint density at radius 2 is 1.67 bits per heavy atom. The molecule has 0 bridgehead atoms. The first-order valence-electron chi connectivity index (χ1n) is 10.8. The summed E-state index contributed by atoms with van der Waals surface area (Å²) in [4.78, 5) is 17.1. The first-order valence-corrected chi connectivity index (χ1v) is 10.8. The molecule has 33 heavy (non-hydrogen) atoms. The van der Waals surface area contributed by atoms with Gasteiger partial charge in [0.05, 0.1) is 26.1 Å². The molecule has 0 saturated carbocycles. The Bertz CT molecular complexity index is 1170. The standard InChI is InChI=1S/C27H27N3O3/c1-32-23-11-8-21(9-12-23)26(20-6-4-3-5-7-20)22-10-13-25(33-2)24(18-22)27(31)29-15-17-30-16-14-28-19-30/h3-14,16,18-19,26H,15,17H2,1-2H3,(H,29,31). The van der Waals surface area contributed by atoms with Crippen LogP contribution < -0.4 is 14.8 Å². The molecule has 168 valence electrons. The van der Waals surface area contributed by atoms with Crippen LogP contribution in [-0.2, 0) is 6.54 Å². The van der Waals surface area contributed by atoms with E-state index < -0.39 is 0 Å². The highest BCUT2D eigenvalue weighted by molar-refractivity contribution is 5.97. The number of hydrogen-bond acceptors (Lipinski definition) is 4. The summed E-state index contributed by atoms with van der Waals surface area (Å²) < 4.78 is 12.8. The summed E-state index contributed by atoms with van der Waals surface area (Å²) in [5.41, 5.74) is 3.76. The van der Waals surface area contributed by atoms with Crippen molar-refractivity contribution in [3.05, 3.63) is 114 Å². The van der Waals surface area contributed by atoms with Gasteiger partial charge in [-0.25, -0.2) is 4.98 Å². The van der Waals surface area contributed by atoms with Gasteiger partial charge in [-0.3, -0.25) is 4.79 Å². The van der Waals surface area contributed by atoms with Crippen LogP contribution >= 0.6 is 0 Å². The van der Waals surface area contributed by atoms with Crippen molar-refractivity contribution in [3.8, 4) is 11.5 Å². The van der Waals surface area contributed by atoms with Crippen LogP contribution in [0.25, 0.3) is 0 Å². The summed E-state index contributed by atoms with van der Waals surface area (Å²) in [5, 5.41) is 2.99. The minimum atomic E-state index is -0.171. The van der Waals surface area contributed by atoms with Gasteiger partial charge in [-0.05, 0) is 41.0 Å². The molecule has 4 rings (SSSR count). The quantitative estimate of drug-likeness (QED) is 0.388. The fourth-order valence-corrected chi connectivity index (χ4v) is 3.91. The highest BCUT2D eigenvalue weighted by Crippen LogP contribution is 2.35. The van der Waals surface area contributed by atoms with Crippen LogP contribution in [0.4, 0.5) is 0 Å². The van der Waals surface area contributed by atoms with Gasteiger partial charge in [0.1, 0.15) is 11.5 Å². The maximum atomic E-state index is 13.1. The third-order valence-corrected chi connectivity index (χ3v) is 5.60. The SMILES string of the molecule is COc1ccc(C(c2ccccc2)c2ccc(OC)c(C(=O)NCCn3ccnc3)c2)cc1. The predicted molar refractivity (Wildman–Crippen MR) is 128 cm³/mol. The molecule has 1 unspecified atom stereocenters. The lowest BCUT2D eigenvalue weighted by molar-refractivity contribution is 0.0949. The second-order valence-electron chi connectivity index (χ2n) is 7.63. The molecule has 1 amide bonds. The lowest BCUT2D eigenvalue weighted by atomic mass is 9.84. The molecular weight excluding hydrogens is 414 g/mol. The smallest absolute Gasteiger partial charge is 0.255 e. The summed E-state index contributed by atoms with van der Waals surface area (Å²) in [7, 11) is 3.24. The van der Waals surface area contributed by atoms with Gasteiger partial charge in [0.2, 0.25) is 0 Å². The Morgan fingerprint density at radius 3 is 2.33 bits per heavy atom. The van der Waals surface area contributed by atoms with E-state index in [0.717, 1.165) is 22.4 Å². The fourth-order valence-electron chi connectivity index (χ4n) is 3.91. The molecule has 0 aliphatic heterocycles. The summed E-state index contributed by atoms with van der Waals surface area (Å²) >= 11 is 0. The van der Waals surface area contributed by atoms with E-state index in [2.05, 4.69) is 34.6 Å². The molecule has 1 aromatic heterocycles. The molecule has 4 aromatic rings. The molecule has 1 N–H and O–H groups in total. The van der Waals surface area contributed by atoms with E-state index in [0.29, 0.717) is 24.4 Å². The van der Waals surface area contributed by atoms with Crippen LogP contribution in [0.5, 0.6) is 11.5 Å². The summed E-state index contributed by atoms with van der Waals surface area (Å²) in [6, 6.07) is 24.1. The summed E-state index contributed by atoms with van der Waals surface area (Å²) in [6.07, 6.45) is 5.32. The van der Waals surface area contributed by atoms with Crippen LogP contribution in [0.1, 0.15) is 33.0 Å². The number of amides is 1. The zero-order valence-corrected chi connectivity index (χ0v) is 18.8. The van der Waals surface area contributed by atoms with Crippen molar-refractivity contribution >= 4 is 5.91 Å². The van der Waals surface area contributed by atoms with Crippen molar-refractivity contribution in [1.82, 2.24) is 14.9 Å². The normalized spacial score (nSPS) is 11.6. The lowest BCUT2D eigenvalue weighted by Crippen LogP contribution is -2.27. The second-order valence-corrected chi connectivity index (χ2v) is 7.63. The van der Waals surface area contributed by atoms with Crippen molar-refractivity contribution in [2.45, 2.75) is 12.5 Å². The lowest BCUT2D eigenvalue weighted by Gasteiger charge is -2.21. The first-order chi connectivity index (χ1) is 16.2. The molecule has 0 aliphatic rings. The zero-order valence-electron chi connectivity index (χ0n) is 18.8. The number of rotatable bonds is 9. The number of carbonyl (C=O) groups is 1. The largest absolute Gasteiger partial charge is 0.497 e. The van der Waals surface area contributed by atoms with E-state index in [1.54, 1.807) is 26.7 Å². The Morgan fingerprint density at radius 1 is 0.939 bits per heavy atom. The average Bonchev–Trinajstić information content (AvgIpc) is 3.39. The predicted octanol–water partition coefficient (Wildman–Crippen LogP) is 4.51. The number of aromatic nitrogens is 2. The molecule has 6 heteroatoms. The second kappa shape index (κ2) is 10.5.